The first-order valence-corrected chi connectivity index (χ1v) is 7.54. The quantitative estimate of drug-likeness (QED) is 0.665. The maximum Gasteiger partial charge on any atom is 0.124 e. The molecule has 0 amide bonds. The summed E-state index contributed by atoms with van der Waals surface area (Å²) in [7, 11) is 0. The van der Waals surface area contributed by atoms with Crippen molar-refractivity contribution in [3.8, 4) is 5.75 Å². The average Bonchev–Trinajstić information content (AvgIpc) is 2.42. The van der Waals surface area contributed by atoms with Gasteiger partial charge in [-0.25, -0.2) is 0 Å². The molecule has 0 aromatic heterocycles. The molecule has 0 aliphatic carbocycles. The van der Waals surface area contributed by atoms with Gasteiger partial charge in [0, 0.05) is 10.0 Å². The molecule has 2 rings (SSSR count). The summed E-state index contributed by atoms with van der Waals surface area (Å²) in [5.74, 6) is 0.863. The van der Waals surface area contributed by atoms with E-state index in [-0.39, 0.29) is 5.38 Å². The molecule has 0 saturated carbocycles. The number of hydrogen-bond acceptors (Lipinski definition) is 1. The lowest BCUT2D eigenvalue weighted by Crippen LogP contribution is -2.01. The summed E-state index contributed by atoms with van der Waals surface area (Å²) in [5, 5.41) is -0.0959. The van der Waals surface area contributed by atoms with E-state index in [9.17, 15) is 0 Å². The number of ether oxygens (including phenoxy) is 1. The second-order valence-electron chi connectivity index (χ2n) is 4.27. The molecule has 0 spiro atoms. The third-order valence-corrected chi connectivity index (χ3v) is 3.75. The van der Waals surface area contributed by atoms with E-state index in [2.05, 4.69) is 28.1 Å². The molecule has 0 fully saturated rings. The number of hydrogen-bond donors (Lipinski definition) is 0. The lowest BCUT2D eigenvalue weighted by Gasteiger charge is -2.15. The smallest absolute Gasteiger partial charge is 0.124 e. The number of rotatable bonds is 5. The molecule has 1 atom stereocenters. The van der Waals surface area contributed by atoms with E-state index < -0.39 is 0 Å². The van der Waals surface area contributed by atoms with Crippen molar-refractivity contribution in [1.29, 1.82) is 0 Å². The minimum atomic E-state index is -0.0959. The third kappa shape index (κ3) is 3.99. The van der Waals surface area contributed by atoms with Gasteiger partial charge in [0.25, 0.3) is 0 Å². The van der Waals surface area contributed by atoms with Crippen LogP contribution in [0.25, 0.3) is 0 Å². The molecule has 0 N–H and O–H groups in total. The van der Waals surface area contributed by atoms with E-state index in [1.165, 1.54) is 5.56 Å². The molecule has 0 aliphatic rings. The van der Waals surface area contributed by atoms with Gasteiger partial charge in [0.05, 0.1) is 12.0 Å². The zero-order valence-corrected chi connectivity index (χ0v) is 13.1. The second kappa shape index (κ2) is 6.97. The Hall–Kier alpha value is -0.990. The van der Waals surface area contributed by atoms with Crippen LogP contribution in [-0.4, -0.2) is 6.61 Å². The van der Waals surface area contributed by atoms with Gasteiger partial charge < -0.3 is 4.74 Å². The summed E-state index contributed by atoms with van der Waals surface area (Å²) in [5.41, 5.74) is 2.26. The van der Waals surface area contributed by atoms with Crippen LogP contribution >= 0.6 is 27.5 Å². The largest absolute Gasteiger partial charge is 0.494 e. The molecule has 3 heteroatoms. The van der Waals surface area contributed by atoms with Crippen molar-refractivity contribution >= 4 is 27.5 Å². The van der Waals surface area contributed by atoms with Gasteiger partial charge >= 0.3 is 0 Å². The predicted molar refractivity (Wildman–Crippen MR) is 84.1 cm³/mol. The fourth-order valence-electron chi connectivity index (χ4n) is 1.98. The van der Waals surface area contributed by atoms with Crippen LogP contribution < -0.4 is 4.74 Å². The maximum atomic E-state index is 6.55. The molecule has 19 heavy (non-hydrogen) atoms. The Morgan fingerprint density at radius 3 is 2.58 bits per heavy atom. The molecule has 100 valence electrons. The zero-order valence-electron chi connectivity index (χ0n) is 10.8. The Kier molecular flexibility index (Phi) is 5.29. The van der Waals surface area contributed by atoms with Crippen LogP contribution in [0.1, 0.15) is 23.4 Å². The first-order chi connectivity index (χ1) is 9.20. The Morgan fingerprint density at radius 2 is 1.89 bits per heavy atom. The SMILES string of the molecule is CCOc1ccc(Br)cc1C(Cl)Cc1ccccc1. The maximum absolute atomic E-state index is 6.55. The van der Waals surface area contributed by atoms with E-state index in [1.807, 2.05) is 43.3 Å². The minimum Gasteiger partial charge on any atom is -0.494 e. The van der Waals surface area contributed by atoms with Gasteiger partial charge in [-0.05, 0) is 37.1 Å². The molecule has 0 bridgehead atoms. The Morgan fingerprint density at radius 1 is 1.16 bits per heavy atom. The fraction of sp³-hybridized carbons (Fsp3) is 0.250. The van der Waals surface area contributed by atoms with Crippen LogP contribution in [0.2, 0.25) is 0 Å². The highest BCUT2D eigenvalue weighted by atomic mass is 79.9. The Labute approximate surface area is 127 Å². The van der Waals surface area contributed by atoms with Crippen molar-refractivity contribution in [2.24, 2.45) is 0 Å². The second-order valence-corrected chi connectivity index (χ2v) is 5.71. The van der Waals surface area contributed by atoms with E-state index in [4.69, 9.17) is 16.3 Å². The van der Waals surface area contributed by atoms with Gasteiger partial charge in [0.2, 0.25) is 0 Å². The standard InChI is InChI=1S/C16H16BrClO/c1-2-19-16-9-8-13(17)11-14(16)15(18)10-12-6-4-3-5-7-12/h3-9,11,15H,2,10H2,1H3. The van der Waals surface area contributed by atoms with Crippen LogP contribution in [-0.2, 0) is 6.42 Å². The minimum absolute atomic E-state index is 0.0959. The van der Waals surface area contributed by atoms with Crippen molar-refractivity contribution in [3.63, 3.8) is 0 Å². The molecule has 1 nitrogen and oxygen atoms in total. The molecule has 0 aliphatic heterocycles. The van der Waals surface area contributed by atoms with Crippen molar-refractivity contribution in [2.75, 3.05) is 6.61 Å². The molecular weight excluding hydrogens is 324 g/mol. The molecule has 2 aromatic rings. The summed E-state index contributed by atoms with van der Waals surface area (Å²) in [6.45, 7) is 2.62. The lowest BCUT2D eigenvalue weighted by atomic mass is 10.0. The molecule has 0 heterocycles. The molecule has 2 aromatic carbocycles. The van der Waals surface area contributed by atoms with Gasteiger partial charge in [0.1, 0.15) is 5.75 Å². The predicted octanol–water partition coefficient (Wildman–Crippen LogP) is 5.37. The van der Waals surface area contributed by atoms with Crippen molar-refractivity contribution in [2.45, 2.75) is 18.7 Å². The zero-order chi connectivity index (χ0) is 13.7. The van der Waals surface area contributed by atoms with E-state index in [1.54, 1.807) is 0 Å². The average molecular weight is 340 g/mol. The molecular formula is C16H16BrClO. The van der Waals surface area contributed by atoms with E-state index in [0.29, 0.717) is 6.61 Å². The summed E-state index contributed by atoms with van der Waals surface area (Å²) < 4.78 is 6.66. The highest BCUT2D eigenvalue weighted by Crippen LogP contribution is 2.34. The topological polar surface area (TPSA) is 9.23 Å². The van der Waals surface area contributed by atoms with E-state index >= 15 is 0 Å². The van der Waals surface area contributed by atoms with Crippen LogP contribution in [0, 0.1) is 0 Å². The monoisotopic (exact) mass is 338 g/mol. The van der Waals surface area contributed by atoms with Gasteiger partial charge in [-0.2, -0.15) is 0 Å². The fourth-order valence-corrected chi connectivity index (χ4v) is 2.71. The molecule has 0 radical (unpaired) electrons. The number of halogens is 2. The summed E-state index contributed by atoms with van der Waals surface area (Å²) in [6.07, 6.45) is 0.791. The van der Waals surface area contributed by atoms with Gasteiger partial charge in [-0.3, -0.25) is 0 Å². The van der Waals surface area contributed by atoms with Crippen molar-refractivity contribution < 1.29 is 4.74 Å². The van der Waals surface area contributed by atoms with Crippen LogP contribution in [0.5, 0.6) is 5.75 Å². The van der Waals surface area contributed by atoms with Crippen LogP contribution in [0.4, 0.5) is 0 Å². The first-order valence-electron chi connectivity index (χ1n) is 6.31. The summed E-state index contributed by atoms with van der Waals surface area (Å²) in [6, 6.07) is 16.2. The number of alkyl halides is 1. The Bertz CT molecular complexity index is 528. The van der Waals surface area contributed by atoms with Crippen LogP contribution in [0.3, 0.4) is 0 Å². The number of benzene rings is 2. The Balaban J connectivity index is 2.22. The molecule has 1 unspecified atom stereocenters. The van der Waals surface area contributed by atoms with Gasteiger partial charge in [0.15, 0.2) is 0 Å². The first kappa shape index (κ1) is 14.4. The lowest BCUT2D eigenvalue weighted by molar-refractivity contribution is 0.336. The van der Waals surface area contributed by atoms with Crippen molar-refractivity contribution in [3.05, 3.63) is 64.1 Å². The third-order valence-electron chi connectivity index (χ3n) is 2.87. The highest BCUT2D eigenvalue weighted by molar-refractivity contribution is 9.10. The normalized spacial score (nSPS) is 12.2. The molecule has 0 saturated heterocycles. The van der Waals surface area contributed by atoms with Crippen LogP contribution in [0.15, 0.2) is 53.0 Å². The van der Waals surface area contributed by atoms with Gasteiger partial charge in [-0.15, -0.1) is 11.6 Å². The van der Waals surface area contributed by atoms with Gasteiger partial charge in [-0.1, -0.05) is 46.3 Å². The van der Waals surface area contributed by atoms with E-state index in [0.717, 1.165) is 22.2 Å². The summed E-state index contributed by atoms with van der Waals surface area (Å²) >= 11 is 10.0. The highest BCUT2D eigenvalue weighted by Gasteiger charge is 2.15. The summed E-state index contributed by atoms with van der Waals surface area (Å²) in [4.78, 5) is 0. The van der Waals surface area contributed by atoms with Crippen molar-refractivity contribution in [1.82, 2.24) is 0 Å².